The van der Waals surface area contributed by atoms with E-state index < -0.39 is 0 Å². The number of nitrogens with one attached hydrogen (secondary N) is 1. The molecule has 1 aromatic carbocycles. The van der Waals surface area contributed by atoms with E-state index in [1.54, 1.807) is 6.33 Å². The summed E-state index contributed by atoms with van der Waals surface area (Å²) < 4.78 is 5.48. The van der Waals surface area contributed by atoms with Crippen molar-refractivity contribution in [3.8, 4) is 0 Å². The second-order valence-corrected chi connectivity index (χ2v) is 7.00. The summed E-state index contributed by atoms with van der Waals surface area (Å²) in [6.07, 6.45) is 8.39. The molecule has 1 aliphatic heterocycles. The first kappa shape index (κ1) is 16.5. The highest BCUT2D eigenvalue weighted by Crippen LogP contribution is 2.28. The van der Waals surface area contributed by atoms with Gasteiger partial charge in [-0.25, -0.2) is 9.97 Å². The number of fused-ring (bicyclic) bond motifs is 1. The lowest BCUT2D eigenvalue weighted by atomic mass is 9.90. The van der Waals surface area contributed by atoms with Gasteiger partial charge in [0, 0.05) is 30.6 Å². The van der Waals surface area contributed by atoms with Gasteiger partial charge in [-0.05, 0) is 43.4 Å². The maximum absolute atomic E-state index is 5.48. The van der Waals surface area contributed by atoms with Crippen LogP contribution in [0.2, 0.25) is 0 Å². The number of ether oxygens (including phenoxy) is 1. The second-order valence-electron chi connectivity index (χ2n) is 7.00. The Kier molecular flexibility index (Phi) is 4.95. The number of morpholine rings is 1. The van der Waals surface area contributed by atoms with Gasteiger partial charge in [-0.15, -0.1) is 0 Å². The van der Waals surface area contributed by atoms with E-state index in [0.29, 0.717) is 6.04 Å². The zero-order valence-electron chi connectivity index (χ0n) is 14.7. The van der Waals surface area contributed by atoms with Crippen LogP contribution < -0.4 is 5.32 Å². The summed E-state index contributed by atoms with van der Waals surface area (Å²) in [5, 5.41) is 4.75. The molecule has 0 radical (unpaired) electrons. The van der Waals surface area contributed by atoms with Crippen LogP contribution in [0.15, 0.2) is 31.1 Å². The minimum absolute atomic E-state index is 0.489. The monoisotopic (exact) mass is 338 g/mol. The molecule has 1 N–H and O–H groups in total. The predicted molar refractivity (Wildman–Crippen MR) is 102 cm³/mol. The number of nitrogens with zero attached hydrogens (tertiary/aromatic N) is 3. The van der Waals surface area contributed by atoms with E-state index >= 15 is 0 Å². The van der Waals surface area contributed by atoms with Gasteiger partial charge in [0.2, 0.25) is 0 Å². The molecule has 1 saturated heterocycles. The predicted octanol–water partition coefficient (Wildman–Crippen LogP) is 3.33. The topological polar surface area (TPSA) is 50.3 Å². The molecule has 2 heterocycles. The Hall–Kier alpha value is -1.98. The molecule has 1 saturated carbocycles. The van der Waals surface area contributed by atoms with E-state index in [0.717, 1.165) is 54.6 Å². The van der Waals surface area contributed by atoms with Gasteiger partial charge < -0.3 is 10.1 Å². The van der Waals surface area contributed by atoms with E-state index in [1.807, 2.05) is 18.2 Å². The van der Waals surface area contributed by atoms with Gasteiger partial charge >= 0.3 is 0 Å². The van der Waals surface area contributed by atoms with Crippen molar-refractivity contribution in [2.75, 3.05) is 31.6 Å². The summed E-state index contributed by atoms with van der Waals surface area (Å²) in [5.74, 6) is 0.948. The summed E-state index contributed by atoms with van der Waals surface area (Å²) in [5.41, 5.74) is 2.08. The Bertz CT molecular complexity index is 734. The van der Waals surface area contributed by atoms with Crippen LogP contribution in [0.25, 0.3) is 17.0 Å². The molecule has 0 amide bonds. The molecule has 2 aliphatic rings. The minimum Gasteiger partial charge on any atom is -0.379 e. The Labute approximate surface area is 149 Å². The standard InChI is InChI=1S/C20H26N4O/c1-2-15-3-8-19-18(13-15)20(22-14-21-19)23-16-4-6-17(7-5-16)24-9-11-25-12-10-24/h2-3,8,13-14,16-17H,1,4-7,9-12H2,(H,21,22,23). The molecule has 0 bridgehead atoms. The molecule has 4 rings (SSSR count). The van der Waals surface area contributed by atoms with Crippen LogP contribution >= 0.6 is 0 Å². The van der Waals surface area contributed by atoms with Crippen molar-refractivity contribution >= 4 is 22.8 Å². The van der Waals surface area contributed by atoms with Gasteiger partial charge in [0.1, 0.15) is 12.1 Å². The number of hydrogen-bond acceptors (Lipinski definition) is 5. The lowest BCUT2D eigenvalue weighted by Gasteiger charge is -2.39. The molecule has 1 aliphatic carbocycles. The van der Waals surface area contributed by atoms with E-state index in [-0.39, 0.29) is 0 Å². The molecule has 0 atom stereocenters. The van der Waals surface area contributed by atoms with Gasteiger partial charge in [-0.3, -0.25) is 4.90 Å². The van der Waals surface area contributed by atoms with Crippen LogP contribution in [0.4, 0.5) is 5.82 Å². The number of hydrogen-bond donors (Lipinski definition) is 1. The van der Waals surface area contributed by atoms with Gasteiger partial charge in [0.15, 0.2) is 0 Å². The van der Waals surface area contributed by atoms with Crippen LogP contribution in [0.1, 0.15) is 31.2 Å². The second kappa shape index (κ2) is 7.50. The average Bonchev–Trinajstić information content (AvgIpc) is 2.69. The number of benzene rings is 1. The zero-order chi connectivity index (χ0) is 17.1. The van der Waals surface area contributed by atoms with Crippen LogP contribution in [-0.2, 0) is 4.74 Å². The molecule has 2 fully saturated rings. The minimum atomic E-state index is 0.489. The SMILES string of the molecule is C=Cc1ccc2ncnc(NC3CCC(N4CCOCC4)CC3)c2c1. The first-order valence-corrected chi connectivity index (χ1v) is 9.29. The zero-order valence-corrected chi connectivity index (χ0v) is 14.7. The van der Waals surface area contributed by atoms with Gasteiger partial charge in [0.25, 0.3) is 0 Å². The van der Waals surface area contributed by atoms with Crippen molar-refractivity contribution in [1.29, 1.82) is 0 Å². The lowest BCUT2D eigenvalue weighted by molar-refractivity contribution is 0.00791. The molecule has 5 nitrogen and oxygen atoms in total. The van der Waals surface area contributed by atoms with E-state index in [9.17, 15) is 0 Å². The van der Waals surface area contributed by atoms with Crippen molar-refractivity contribution in [2.45, 2.75) is 37.8 Å². The van der Waals surface area contributed by atoms with Crippen molar-refractivity contribution in [1.82, 2.24) is 14.9 Å². The Morgan fingerprint density at radius 1 is 1.12 bits per heavy atom. The summed E-state index contributed by atoms with van der Waals surface area (Å²) >= 11 is 0. The summed E-state index contributed by atoms with van der Waals surface area (Å²) in [6.45, 7) is 7.81. The molecule has 132 valence electrons. The fourth-order valence-corrected chi connectivity index (χ4v) is 4.04. The van der Waals surface area contributed by atoms with Crippen LogP contribution in [0.5, 0.6) is 0 Å². The normalized spacial score (nSPS) is 25.0. The van der Waals surface area contributed by atoms with Crippen molar-refractivity contribution < 1.29 is 4.74 Å². The highest BCUT2D eigenvalue weighted by atomic mass is 16.5. The highest BCUT2D eigenvalue weighted by Gasteiger charge is 2.27. The Balaban J connectivity index is 1.43. The van der Waals surface area contributed by atoms with Gasteiger partial charge in [0.05, 0.1) is 18.7 Å². The molecule has 0 spiro atoms. The fraction of sp³-hybridized carbons (Fsp3) is 0.500. The van der Waals surface area contributed by atoms with Crippen LogP contribution in [0, 0.1) is 0 Å². The highest BCUT2D eigenvalue weighted by molar-refractivity contribution is 5.90. The summed E-state index contributed by atoms with van der Waals surface area (Å²) in [7, 11) is 0. The Morgan fingerprint density at radius 2 is 1.92 bits per heavy atom. The quantitative estimate of drug-likeness (QED) is 0.927. The maximum Gasteiger partial charge on any atom is 0.137 e. The number of rotatable bonds is 4. The van der Waals surface area contributed by atoms with Crippen molar-refractivity contribution in [3.05, 3.63) is 36.7 Å². The molecule has 5 heteroatoms. The number of anilines is 1. The molecular formula is C20H26N4O. The Morgan fingerprint density at radius 3 is 2.68 bits per heavy atom. The van der Waals surface area contributed by atoms with E-state index in [1.165, 1.54) is 25.7 Å². The number of aromatic nitrogens is 2. The first-order chi connectivity index (χ1) is 12.3. The van der Waals surface area contributed by atoms with E-state index in [4.69, 9.17) is 4.74 Å². The molecule has 0 unspecified atom stereocenters. The third-order valence-electron chi connectivity index (χ3n) is 5.49. The van der Waals surface area contributed by atoms with Crippen molar-refractivity contribution in [3.63, 3.8) is 0 Å². The van der Waals surface area contributed by atoms with Gasteiger partial charge in [-0.2, -0.15) is 0 Å². The first-order valence-electron chi connectivity index (χ1n) is 9.29. The summed E-state index contributed by atoms with van der Waals surface area (Å²) in [4.78, 5) is 11.5. The molecule has 1 aromatic heterocycles. The van der Waals surface area contributed by atoms with Gasteiger partial charge in [-0.1, -0.05) is 18.7 Å². The van der Waals surface area contributed by atoms with Crippen LogP contribution in [-0.4, -0.2) is 53.3 Å². The molecular weight excluding hydrogens is 312 g/mol. The van der Waals surface area contributed by atoms with Crippen LogP contribution in [0.3, 0.4) is 0 Å². The largest absolute Gasteiger partial charge is 0.379 e. The average molecular weight is 338 g/mol. The fourth-order valence-electron chi connectivity index (χ4n) is 4.04. The van der Waals surface area contributed by atoms with Crippen molar-refractivity contribution in [2.24, 2.45) is 0 Å². The third-order valence-corrected chi connectivity index (χ3v) is 5.49. The van der Waals surface area contributed by atoms with E-state index in [2.05, 4.69) is 32.8 Å². The smallest absolute Gasteiger partial charge is 0.137 e. The third kappa shape index (κ3) is 3.67. The lowest BCUT2D eigenvalue weighted by Crippen LogP contribution is -2.46. The summed E-state index contributed by atoms with van der Waals surface area (Å²) in [6, 6.07) is 7.40. The molecule has 2 aromatic rings. The maximum atomic E-state index is 5.48. The molecule has 25 heavy (non-hydrogen) atoms.